The standard InChI is InChI=1S/C25H22.C21H20.C14H16.C4H10.C3H8.C2H6/c1-19-12-14-22(15-13-19)25-17-23(20-8-4-2-5-9-20)16-24(18-25)21-10-6-3-7-11-21;1-15-11-13-18(14-12-15)20-9-6-10-21(17(20)3)19-8-5-4-7-16(19)2;1-3-4-5-6-7-8-14-11-9-13(2)10-12-14;1-3-4-2;1-3-2;1-2/h2,4-6,8-18H,3,7H2,1H3;4-14H,1-3H3;3-7,9-12H,1,8H2,2H3;3-4H2,1-2H3;3H2,1-2H3;1-2H3/b;;5-4-,7-6-;;;. The summed E-state index contributed by atoms with van der Waals surface area (Å²) in [5.41, 5.74) is 20.9. The van der Waals surface area contributed by atoms with E-state index in [1.165, 1.54) is 108 Å². The van der Waals surface area contributed by atoms with Crippen LogP contribution in [0.3, 0.4) is 0 Å². The minimum atomic E-state index is 0.988. The molecule has 0 N–H and O–H groups in total. The van der Waals surface area contributed by atoms with Crippen LogP contribution in [0.25, 0.3) is 50.1 Å². The van der Waals surface area contributed by atoms with Crippen molar-refractivity contribution in [2.24, 2.45) is 0 Å². The topological polar surface area (TPSA) is 0 Å². The summed E-state index contributed by atoms with van der Waals surface area (Å²) in [7, 11) is 0. The van der Waals surface area contributed by atoms with Gasteiger partial charge in [0, 0.05) is 0 Å². The predicted octanol–water partition coefficient (Wildman–Crippen LogP) is 21.1. The van der Waals surface area contributed by atoms with E-state index in [0.717, 1.165) is 19.3 Å². The number of unbranched alkanes of at least 4 members (excludes halogenated alkanes) is 1. The molecular weight excluding hydrogens is 829 g/mol. The Hall–Kier alpha value is -6.76. The normalized spacial score (nSPS) is 11.2. The minimum absolute atomic E-state index is 0.988. The van der Waals surface area contributed by atoms with Gasteiger partial charge in [-0.15, -0.1) is 0 Å². The van der Waals surface area contributed by atoms with E-state index in [1.54, 1.807) is 6.08 Å². The summed E-state index contributed by atoms with van der Waals surface area (Å²) in [6.07, 6.45) is 23.9. The molecule has 0 spiro atoms. The zero-order valence-corrected chi connectivity index (χ0v) is 44.2. The second-order valence-electron chi connectivity index (χ2n) is 17.3. The lowest BCUT2D eigenvalue weighted by Crippen LogP contribution is -1.90. The number of allylic oxidation sites excluding steroid dienone is 9. The van der Waals surface area contributed by atoms with Gasteiger partial charge in [-0.25, -0.2) is 0 Å². The molecule has 8 rings (SSSR count). The average molecular weight is 911 g/mol. The first-order valence-electron chi connectivity index (χ1n) is 25.5. The Morgan fingerprint density at radius 2 is 0.942 bits per heavy atom. The lowest BCUT2D eigenvalue weighted by atomic mass is 9.91. The maximum Gasteiger partial charge on any atom is -0.00943 e. The fourth-order valence-electron chi connectivity index (χ4n) is 7.33. The summed E-state index contributed by atoms with van der Waals surface area (Å²) < 4.78 is 0. The van der Waals surface area contributed by atoms with Gasteiger partial charge in [-0.3, -0.25) is 0 Å². The van der Waals surface area contributed by atoms with Crippen molar-refractivity contribution >= 4 is 5.57 Å². The summed E-state index contributed by atoms with van der Waals surface area (Å²) in [5.74, 6) is 0. The van der Waals surface area contributed by atoms with Gasteiger partial charge in [0.2, 0.25) is 0 Å². The molecule has 69 heavy (non-hydrogen) atoms. The molecule has 0 fully saturated rings. The summed E-state index contributed by atoms with van der Waals surface area (Å²) in [6.45, 7) is 27.0. The van der Waals surface area contributed by atoms with Gasteiger partial charge in [0.05, 0.1) is 0 Å². The molecule has 1 aliphatic rings. The Bertz CT molecular complexity index is 2620. The van der Waals surface area contributed by atoms with Crippen molar-refractivity contribution in [2.45, 2.75) is 115 Å². The number of hydrogen-bond donors (Lipinski definition) is 0. The largest absolute Gasteiger partial charge is 0.0991 e. The summed E-state index contributed by atoms with van der Waals surface area (Å²) >= 11 is 0. The third-order valence-corrected chi connectivity index (χ3v) is 11.4. The Kier molecular flexibility index (Phi) is 26.9. The van der Waals surface area contributed by atoms with Crippen LogP contribution in [0, 0.1) is 34.6 Å². The Labute approximate surface area is 420 Å². The fourth-order valence-corrected chi connectivity index (χ4v) is 7.33. The van der Waals surface area contributed by atoms with Crippen molar-refractivity contribution < 1.29 is 0 Å². The maximum atomic E-state index is 3.61. The number of benzene rings is 7. The van der Waals surface area contributed by atoms with Gasteiger partial charge >= 0.3 is 0 Å². The number of aryl methyl sites for hydroxylation is 4. The molecule has 358 valence electrons. The Morgan fingerprint density at radius 3 is 1.48 bits per heavy atom. The molecule has 1 aliphatic carbocycles. The van der Waals surface area contributed by atoms with Crippen molar-refractivity contribution in [2.75, 3.05) is 0 Å². The quantitative estimate of drug-likeness (QED) is 0.120. The highest BCUT2D eigenvalue weighted by Gasteiger charge is 2.11. The third-order valence-electron chi connectivity index (χ3n) is 11.4. The number of rotatable bonds is 10. The highest BCUT2D eigenvalue weighted by atomic mass is 14.1. The molecule has 0 heterocycles. The summed E-state index contributed by atoms with van der Waals surface area (Å²) in [4.78, 5) is 0. The highest BCUT2D eigenvalue weighted by Crippen LogP contribution is 2.34. The fraction of sp³-hybridized carbons (Fsp3) is 0.246. The highest BCUT2D eigenvalue weighted by molar-refractivity contribution is 5.84. The molecule has 0 atom stereocenters. The molecular formula is C69H82. The monoisotopic (exact) mass is 911 g/mol. The zero-order valence-electron chi connectivity index (χ0n) is 44.2. The van der Waals surface area contributed by atoms with Crippen molar-refractivity contribution in [3.05, 3.63) is 258 Å². The van der Waals surface area contributed by atoms with Gasteiger partial charge in [-0.05, 0) is 144 Å². The Balaban J connectivity index is 0.000000259. The van der Waals surface area contributed by atoms with Crippen LogP contribution in [-0.2, 0) is 6.42 Å². The molecule has 0 aromatic heterocycles. The first-order chi connectivity index (χ1) is 33.6. The molecule has 7 aromatic carbocycles. The molecule has 0 bridgehead atoms. The minimum Gasteiger partial charge on any atom is -0.0991 e. The average Bonchev–Trinajstić information content (AvgIpc) is 3.39. The summed E-state index contributed by atoms with van der Waals surface area (Å²) in [6, 6.07) is 58.9. The first-order valence-corrected chi connectivity index (χ1v) is 25.5. The van der Waals surface area contributed by atoms with Gasteiger partial charge in [-0.1, -0.05) is 278 Å². The molecule has 0 amide bonds. The van der Waals surface area contributed by atoms with E-state index in [0.29, 0.717) is 0 Å². The molecule has 0 unspecified atom stereocenters. The van der Waals surface area contributed by atoms with Crippen molar-refractivity contribution in [1.82, 2.24) is 0 Å². The lowest BCUT2D eigenvalue weighted by molar-refractivity contribution is 0.886. The van der Waals surface area contributed by atoms with Crippen LogP contribution in [0.1, 0.15) is 113 Å². The van der Waals surface area contributed by atoms with Gasteiger partial charge in [-0.2, -0.15) is 0 Å². The predicted molar refractivity (Wildman–Crippen MR) is 311 cm³/mol. The van der Waals surface area contributed by atoms with Crippen molar-refractivity contribution in [1.29, 1.82) is 0 Å². The van der Waals surface area contributed by atoms with E-state index in [2.05, 4.69) is 257 Å². The lowest BCUT2D eigenvalue weighted by Gasteiger charge is -2.14. The van der Waals surface area contributed by atoms with E-state index in [4.69, 9.17) is 0 Å². The third kappa shape index (κ3) is 19.8. The van der Waals surface area contributed by atoms with E-state index >= 15 is 0 Å². The smallest absolute Gasteiger partial charge is 0.00943 e. The van der Waals surface area contributed by atoms with E-state index in [1.807, 2.05) is 32.1 Å². The van der Waals surface area contributed by atoms with Crippen LogP contribution in [-0.4, -0.2) is 0 Å². The summed E-state index contributed by atoms with van der Waals surface area (Å²) in [5, 5.41) is 0. The molecule has 0 nitrogen and oxygen atoms in total. The van der Waals surface area contributed by atoms with Crippen LogP contribution in [0.15, 0.2) is 219 Å². The van der Waals surface area contributed by atoms with Gasteiger partial charge < -0.3 is 0 Å². The second kappa shape index (κ2) is 32.9. The van der Waals surface area contributed by atoms with E-state index < -0.39 is 0 Å². The number of hydrogen-bond acceptors (Lipinski definition) is 0. The SMILES string of the molecule is C=C/C=C\C=C/Cc1ccc(C)cc1.CC.CCC.CCCC.Cc1ccc(-c2cc(C3=CCCC=C3)cc(-c3ccccc3)c2)cc1.Cc1ccc(-c2cccc(-c3ccccc3C)c2C)cc1. The van der Waals surface area contributed by atoms with Crippen LogP contribution >= 0.6 is 0 Å². The second-order valence-corrected chi connectivity index (χ2v) is 17.3. The van der Waals surface area contributed by atoms with Crippen LogP contribution in [0.2, 0.25) is 0 Å². The van der Waals surface area contributed by atoms with E-state index in [9.17, 15) is 0 Å². The molecule has 0 saturated heterocycles. The van der Waals surface area contributed by atoms with Gasteiger partial charge in [0.1, 0.15) is 0 Å². The zero-order chi connectivity index (χ0) is 50.2. The van der Waals surface area contributed by atoms with Crippen LogP contribution < -0.4 is 0 Å². The van der Waals surface area contributed by atoms with Crippen LogP contribution in [0.5, 0.6) is 0 Å². The maximum absolute atomic E-state index is 3.61. The van der Waals surface area contributed by atoms with Crippen molar-refractivity contribution in [3.8, 4) is 44.5 Å². The first kappa shape index (κ1) is 56.6. The van der Waals surface area contributed by atoms with Gasteiger partial charge in [0.25, 0.3) is 0 Å². The Morgan fingerprint density at radius 1 is 0.449 bits per heavy atom. The molecule has 0 saturated carbocycles. The molecule has 0 aliphatic heterocycles. The van der Waals surface area contributed by atoms with Crippen LogP contribution in [0.4, 0.5) is 0 Å². The van der Waals surface area contributed by atoms with E-state index in [-0.39, 0.29) is 0 Å². The molecule has 7 aromatic rings. The van der Waals surface area contributed by atoms with Crippen molar-refractivity contribution in [3.63, 3.8) is 0 Å². The van der Waals surface area contributed by atoms with Gasteiger partial charge in [0.15, 0.2) is 0 Å². The molecule has 0 radical (unpaired) electrons. The molecule has 0 heteroatoms.